The molecule has 1 aliphatic carbocycles. The smallest absolute Gasteiger partial charge is 0.203 e. The highest BCUT2D eigenvalue weighted by Crippen LogP contribution is 2.33. The normalized spacial score (nSPS) is 30.3. The van der Waals surface area contributed by atoms with Crippen LogP contribution in [0.25, 0.3) is 0 Å². The third-order valence-corrected chi connectivity index (χ3v) is 7.36. The molecule has 24 heavy (non-hydrogen) atoms. The summed E-state index contributed by atoms with van der Waals surface area (Å²) in [5.74, 6) is 0. The number of sulfonamides is 2. The first kappa shape index (κ1) is 22.5. The summed E-state index contributed by atoms with van der Waals surface area (Å²) in [6.07, 6.45) is -0.884. The van der Waals surface area contributed by atoms with Gasteiger partial charge in [0.25, 0.3) is 0 Å². The SMILES string of the molecule is O=S(=O)(NC1CC(I)C(NS(=O)(=O)C(F)(F)F)CC1Cl)C(F)(F)F. The van der Waals surface area contributed by atoms with Crippen LogP contribution in [-0.2, 0) is 20.0 Å². The molecule has 144 valence electrons. The lowest BCUT2D eigenvalue weighted by Crippen LogP contribution is -2.56. The summed E-state index contributed by atoms with van der Waals surface area (Å²) >= 11 is 7.24. The van der Waals surface area contributed by atoms with E-state index in [1.54, 1.807) is 0 Å². The Labute approximate surface area is 151 Å². The molecule has 1 fully saturated rings. The summed E-state index contributed by atoms with van der Waals surface area (Å²) in [5.41, 5.74) is -11.1. The van der Waals surface area contributed by atoms with Crippen molar-refractivity contribution in [3.63, 3.8) is 0 Å². The lowest BCUT2D eigenvalue weighted by molar-refractivity contribution is -0.0461. The quantitative estimate of drug-likeness (QED) is 0.325. The molecule has 0 aromatic carbocycles. The Hall–Kier alpha value is 0.420. The van der Waals surface area contributed by atoms with Gasteiger partial charge in [0.1, 0.15) is 0 Å². The molecule has 0 saturated heterocycles. The monoisotopic (exact) mass is 538 g/mol. The van der Waals surface area contributed by atoms with Crippen LogP contribution in [0.1, 0.15) is 12.8 Å². The predicted molar refractivity (Wildman–Crippen MR) is 80.5 cm³/mol. The molecule has 1 aliphatic rings. The highest BCUT2D eigenvalue weighted by Gasteiger charge is 2.51. The van der Waals surface area contributed by atoms with Crippen LogP contribution in [0.3, 0.4) is 0 Å². The van der Waals surface area contributed by atoms with Gasteiger partial charge in [0.15, 0.2) is 0 Å². The molecule has 2 N–H and O–H groups in total. The van der Waals surface area contributed by atoms with Gasteiger partial charge in [0.2, 0.25) is 0 Å². The summed E-state index contributed by atoms with van der Waals surface area (Å²) in [5, 5.41) is -1.34. The van der Waals surface area contributed by atoms with Gasteiger partial charge in [-0.25, -0.2) is 26.3 Å². The Bertz CT molecular complexity index is 609. The molecule has 1 rings (SSSR count). The Morgan fingerprint density at radius 3 is 1.58 bits per heavy atom. The van der Waals surface area contributed by atoms with Gasteiger partial charge in [-0.2, -0.15) is 26.3 Å². The van der Waals surface area contributed by atoms with Gasteiger partial charge in [-0.1, -0.05) is 22.6 Å². The minimum atomic E-state index is -5.69. The van der Waals surface area contributed by atoms with E-state index < -0.39 is 65.3 Å². The van der Waals surface area contributed by atoms with E-state index in [9.17, 15) is 43.2 Å². The molecule has 1 saturated carbocycles. The fourth-order valence-corrected chi connectivity index (χ4v) is 5.17. The zero-order valence-electron chi connectivity index (χ0n) is 11.2. The molecule has 6 nitrogen and oxygen atoms in total. The van der Waals surface area contributed by atoms with Gasteiger partial charge in [-0.05, 0) is 12.8 Å². The molecule has 0 radical (unpaired) electrons. The molecule has 0 aliphatic heterocycles. The van der Waals surface area contributed by atoms with E-state index in [4.69, 9.17) is 11.6 Å². The molecule has 4 unspecified atom stereocenters. The number of hydrogen-bond donors (Lipinski definition) is 2. The van der Waals surface area contributed by atoms with E-state index in [1.807, 2.05) is 0 Å². The standard InChI is InChI=1S/C8H10ClF6IN2O4S2/c9-3-1-6(18-24(21,22)8(13,14)15)4(16)2-5(3)17-23(19,20)7(10,11)12/h3-6,17-18H,1-2H2. The molecular weight excluding hydrogens is 529 g/mol. The fraction of sp³-hybridized carbons (Fsp3) is 1.00. The van der Waals surface area contributed by atoms with E-state index in [1.165, 1.54) is 32.0 Å². The van der Waals surface area contributed by atoms with Crippen LogP contribution in [0.4, 0.5) is 26.3 Å². The van der Waals surface area contributed by atoms with Crippen LogP contribution in [0.15, 0.2) is 0 Å². The maximum absolute atomic E-state index is 12.3. The fourth-order valence-electron chi connectivity index (χ4n) is 1.89. The van der Waals surface area contributed by atoms with Crippen molar-refractivity contribution < 1.29 is 43.2 Å². The van der Waals surface area contributed by atoms with Crippen molar-refractivity contribution >= 4 is 54.2 Å². The van der Waals surface area contributed by atoms with Gasteiger partial charge in [-0.3, -0.25) is 0 Å². The second kappa shape index (κ2) is 7.21. The summed E-state index contributed by atoms with van der Waals surface area (Å²) in [7, 11) is -11.3. The topological polar surface area (TPSA) is 92.3 Å². The molecule has 0 aromatic heterocycles. The zero-order chi connectivity index (χ0) is 19.1. The van der Waals surface area contributed by atoms with Crippen molar-refractivity contribution in [2.75, 3.05) is 0 Å². The van der Waals surface area contributed by atoms with Crippen molar-refractivity contribution in [3.8, 4) is 0 Å². The summed E-state index contributed by atoms with van der Waals surface area (Å²) in [6.45, 7) is 0. The van der Waals surface area contributed by atoms with E-state index in [0.29, 0.717) is 0 Å². The Balaban J connectivity index is 2.86. The molecule has 0 heterocycles. The number of hydrogen-bond acceptors (Lipinski definition) is 4. The van der Waals surface area contributed by atoms with E-state index >= 15 is 0 Å². The van der Waals surface area contributed by atoms with E-state index in [0.717, 1.165) is 0 Å². The maximum atomic E-state index is 12.3. The van der Waals surface area contributed by atoms with Gasteiger partial charge in [0.05, 0.1) is 5.38 Å². The molecule has 16 heteroatoms. The minimum Gasteiger partial charge on any atom is -0.203 e. The number of halogens is 8. The highest BCUT2D eigenvalue weighted by atomic mass is 127. The Morgan fingerprint density at radius 1 is 0.833 bits per heavy atom. The molecule has 0 bridgehead atoms. The minimum absolute atomic E-state index is 0.394. The van der Waals surface area contributed by atoms with Crippen molar-refractivity contribution in [3.05, 3.63) is 0 Å². The lowest BCUT2D eigenvalue weighted by Gasteiger charge is -2.37. The lowest BCUT2D eigenvalue weighted by atomic mass is 9.92. The molecule has 0 aromatic rings. The van der Waals surface area contributed by atoms with E-state index in [-0.39, 0.29) is 0 Å². The van der Waals surface area contributed by atoms with Crippen molar-refractivity contribution in [1.82, 2.24) is 9.44 Å². The van der Waals surface area contributed by atoms with Gasteiger partial charge < -0.3 is 0 Å². The summed E-state index contributed by atoms with van der Waals surface area (Å²) in [6, 6.07) is -2.72. The molecule has 0 amide bonds. The third-order valence-electron chi connectivity index (χ3n) is 3.05. The Morgan fingerprint density at radius 2 is 1.21 bits per heavy atom. The molecule has 0 spiro atoms. The van der Waals surface area contributed by atoms with Gasteiger partial charge in [-0.15, -0.1) is 11.6 Å². The second-order valence-corrected chi connectivity index (χ2v) is 10.4. The highest BCUT2D eigenvalue weighted by molar-refractivity contribution is 14.1. The number of alkyl halides is 8. The van der Waals surface area contributed by atoms with Gasteiger partial charge >= 0.3 is 31.1 Å². The van der Waals surface area contributed by atoms with Crippen LogP contribution in [0, 0.1) is 0 Å². The van der Waals surface area contributed by atoms with Crippen LogP contribution in [0.2, 0.25) is 0 Å². The zero-order valence-corrected chi connectivity index (χ0v) is 15.7. The first-order chi connectivity index (χ1) is 10.5. The first-order valence-electron chi connectivity index (χ1n) is 5.93. The van der Waals surface area contributed by atoms with Crippen LogP contribution >= 0.6 is 34.2 Å². The average Bonchev–Trinajstić information content (AvgIpc) is 2.31. The predicted octanol–water partition coefficient (Wildman–Crippen LogP) is 1.81. The Kier molecular flexibility index (Phi) is 6.74. The second-order valence-electron chi connectivity index (χ2n) is 4.85. The van der Waals surface area contributed by atoms with Crippen molar-refractivity contribution in [2.45, 2.75) is 45.2 Å². The summed E-state index contributed by atoms with van der Waals surface area (Å²) in [4.78, 5) is 0. The average molecular weight is 539 g/mol. The van der Waals surface area contributed by atoms with E-state index in [2.05, 4.69) is 0 Å². The molecule has 4 atom stereocenters. The van der Waals surface area contributed by atoms with Crippen molar-refractivity contribution in [1.29, 1.82) is 0 Å². The molecular formula is C8H10ClF6IN2O4S2. The van der Waals surface area contributed by atoms with Crippen LogP contribution in [-0.4, -0.2) is 49.2 Å². The largest absolute Gasteiger partial charge is 0.511 e. The maximum Gasteiger partial charge on any atom is 0.511 e. The van der Waals surface area contributed by atoms with Crippen LogP contribution < -0.4 is 9.44 Å². The number of rotatable bonds is 4. The first-order valence-corrected chi connectivity index (χ1v) is 10.6. The van der Waals surface area contributed by atoms with Gasteiger partial charge in [0, 0.05) is 16.0 Å². The summed E-state index contributed by atoms with van der Waals surface area (Å²) < 4.78 is 120. The van der Waals surface area contributed by atoms with Crippen LogP contribution in [0.5, 0.6) is 0 Å². The number of nitrogens with one attached hydrogen (secondary N) is 2. The third kappa shape index (κ3) is 5.21. The van der Waals surface area contributed by atoms with Crippen molar-refractivity contribution in [2.24, 2.45) is 0 Å².